The molecule has 0 aliphatic carbocycles. The molecule has 0 unspecified atom stereocenters. The third-order valence-electron chi connectivity index (χ3n) is 6.30. The minimum absolute atomic E-state index is 0.137. The second-order valence-corrected chi connectivity index (χ2v) is 8.78. The Morgan fingerprint density at radius 2 is 1.89 bits per heavy atom. The van der Waals surface area contributed by atoms with Gasteiger partial charge in [-0.2, -0.15) is 18.4 Å². The Morgan fingerprint density at radius 1 is 1.16 bits per heavy atom. The SMILES string of the molecule is Cc1ccc(NC(=O)c2cccc(C(F)(F)F)c2CC#N)cc1-c1cc(N2CCOCC2)c(=O)n(C)c1. The quantitative estimate of drug-likeness (QED) is 0.545. The van der Waals surface area contributed by atoms with E-state index in [1.165, 1.54) is 10.6 Å². The van der Waals surface area contributed by atoms with Gasteiger partial charge >= 0.3 is 6.18 Å². The van der Waals surface area contributed by atoms with Gasteiger partial charge < -0.3 is 19.5 Å². The maximum atomic E-state index is 13.5. The van der Waals surface area contributed by atoms with Crippen molar-refractivity contribution in [3.63, 3.8) is 0 Å². The second-order valence-electron chi connectivity index (χ2n) is 8.78. The largest absolute Gasteiger partial charge is 0.416 e. The van der Waals surface area contributed by atoms with Crippen molar-refractivity contribution in [3.8, 4) is 17.2 Å². The third-order valence-corrected chi connectivity index (χ3v) is 6.30. The van der Waals surface area contributed by atoms with E-state index in [9.17, 15) is 22.8 Å². The van der Waals surface area contributed by atoms with E-state index in [-0.39, 0.29) is 16.7 Å². The number of hydrogen-bond donors (Lipinski definition) is 1. The minimum atomic E-state index is -4.69. The Bertz CT molecular complexity index is 1430. The number of carbonyl (C=O) groups excluding carboxylic acids is 1. The number of benzene rings is 2. The molecule has 2 heterocycles. The normalized spacial score (nSPS) is 13.8. The fraction of sp³-hybridized carbons (Fsp3) is 0.296. The standard InChI is InChI=1S/C27H25F3N4O3/c1-17-6-7-19(32-25(35)21-4-3-5-23(27(28,29)30)20(21)8-9-31)15-22(17)18-14-24(26(36)33(2)16-18)34-10-12-37-13-11-34/h3-7,14-16H,8,10-13H2,1-2H3,(H,32,35). The number of anilines is 2. The topological polar surface area (TPSA) is 87.4 Å². The highest BCUT2D eigenvalue weighted by atomic mass is 19.4. The minimum Gasteiger partial charge on any atom is -0.378 e. The molecule has 1 aliphatic rings. The van der Waals surface area contributed by atoms with Crippen LogP contribution in [0.25, 0.3) is 11.1 Å². The number of aromatic nitrogens is 1. The molecule has 0 atom stereocenters. The fourth-order valence-electron chi connectivity index (χ4n) is 4.42. The van der Waals surface area contributed by atoms with Crippen LogP contribution in [0.5, 0.6) is 0 Å². The molecule has 192 valence electrons. The number of aryl methyl sites for hydroxylation is 2. The Labute approximate surface area is 211 Å². The summed E-state index contributed by atoms with van der Waals surface area (Å²) >= 11 is 0. The molecular formula is C27H25F3N4O3. The highest BCUT2D eigenvalue weighted by molar-refractivity contribution is 6.06. The summed E-state index contributed by atoms with van der Waals surface area (Å²) in [6, 6.07) is 12.0. The molecule has 1 saturated heterocycles. The van der Waals surface area contributed by atoms with Gasteiger partial charge in [0.05, 0.1) is 31.3 Å². The van der Waals surface area contributed by atoms with Crippen LogP contribution < -0.4 is 15.8 Å². The van der Waals surface area contributed by atoms with Crippen LogP contribution in [0, 0.1) is 18.3 Å². The number of hydrogen-bond acceptors (Lipinski definition) is 5. The van der Waals surface area contributed by atoms with E-state index in [1.807, 2.05) is 11.8 Å². The Hall–Kier alpha value is -4.10. The molecule has 0 saturated carbocycles. The summed E-state index contributed by atoms with van der Waals surface area (Å²) < 4.78 is 47.3. The van der Waals surface area contributed by atoms with Crippen LogP contribution in [-0.4, -0.2) is 36.8 Å². The smallest absolute Gasteiger partial charge is 0.378 e. The van der Waals surface area contributed by atoms with Crippen LogP contribution in [0.2, 0.25) is 0 Å². The van der Waals surface area contributed by atoms with Gasteiger partial charge in [0, 0.05) is 43.1 Å². The molecule has 4 rings (SSSR count). The summed E-state index contributed by atoms with van der Waals surface area (Å²) in [5.74, 6) is -0.749. The average Bonchev–Trinajstić information content (AvgIpc) is 2.87. The van der Waals surface area contributed by atoms with Crippen LogP contribution in [-0.2, 0) is 24.4 Å². The summed E-state index contributed by atoms with van der Waals surface area (Å²) in [5, 5.41) is 11.7. The van der Waals surface area contributed by atoms with E-state index in [2.05, 4.69) is 5.32 Å². The van der Waals surface area contributed by atoms with E-state index < -0.39 is 24.1 Å². The first-order valence-corrected chi connectivity index (χ1v) is 11.6. The lowest BCUT2D eigenvalue weighted by Gasteiger charge is -2.29. The lowest BCUT2D eigenvalue weighted by Crippen LogP contribution is -2.40. The highest BCUT2D eigenvalue weighted by Gasteiger charge is 2.35. The Kier molecular flexibility index (Phi) is 7.36. The molecule has 1 aromatic heterocycles. The zero-order valence-electron chi connectivity index (χ0n) is 20.4. The van der Waals surface area contributed by atoms with Crippen molar-refractivity contribution in [1.29, 1.82) is 5.26 Å². The van der Waals surface area contributed by atoms with Crippen molar-refractivity contribution >= 4 is 17.3 Å². The van der Waals surface area contributed by atoms with E-state index >= 15 is 0 Å². The number of nitriles is 1. The van der Waals surface area contributed by atoms with E-state index in [1.54, 1.807) is 43.6 Å². The first-order chi connectivity index (χ1) is 17.6. The molecule has 1 N–H and O–H groups in total. The van der Waals surface area contributed by atoms with Gasteiger partial charge in [-0.05, 0) is 53.9 Å². The molecule has 0 bridgehead atoms. The maximum absolute atomic E-state index is 13.5. The van der Waals surface area contributed by atoms with Crippen molar-refractivity contribution in [3.05, 3.63) is 81.3 Å². The fourth-order valence-corrected chi connectivity index (χ4v) is 4.42. The highest BCUT2D eigenvalue weighted by Crippen LogP contribution is 2.34. The summed E-state index contributed by atoms with van der Waals surface area (Å²) in [6.45, 7) is 4.12. The number of ether oxygens (including phenoxy) is 1. The monoisotopic (exact) mass is 510 g/mol. The molecule has 1 amide bonds. The van der Waals surface area contributed by atoms with Crippen molar-refractivity contribution in [1.82, 2.24) is 4.57 Å². The molecule has 1 fully saturated rings. The molecule has 3 aromatic rings. The van der Waals surface area contributed by atoms with Gasteiger partial charge in [-0.25, -0.2) is 0 Å². The third kappa shape index (κ3) is 5.52. The van der Waals surface area contributed by atoms with Gasteiger partial charge in [0.15, 0.2) is 0 Å². The summed E-state index contributed by atoms with van der Waals surface area (Å²) in [4.78, 5) is 27.8. The van der Waals surface area contributed by atoms with Gasteiger partial charge in [0.1, 0.15) is 5.69 Å². The number of nitrogens with zero attached hydrogens (tertiary/aromatic N) is 3. The van der Waals surface area contributed by atoms with Crippen LogP contribution in [0.15, 0.2) is 53.5 Å². The summed E-state index contributed by atoms with van der Waals surface area (Å²) in [5.41, 5.74) is 1.58. The number of amides is 1. The van der Waals surface area contributed by atoms with E-state index in [0.29, 0.717) is 37.7 Å². The van der Waals surface area contributed by atoms with Gasteiger partial charge in [-0.1, -0.05) is 12.1 Å². The van der Waals surface area contributed by atoms with E-state index in [0.717, 1.165) is 28.8 Å². The van der Waals surface area contributed by atoms with Gasteiger partial charge in [-0.15, -0.1) is 0 Å². The number of halogens is 3. The summed E-state index contributed by atoms with van der Waals surface area (Å²) in [7, 11) is 1.67. The Balaban J connectivity index is 1.70. The first-order valence-electron chi connectivity index (χ1n) is 11.6. The Morgan fingerprint density at radius 3 is 2.57 bits per heavy atom. The molecule has 2 aromatic carbocycles. The van der Waals surface area contributed by atoms with Crippen LogP contribution in [0.1, 0.15) is 27.0 Å². The number of carbonyl (C=O) groups is 1. The first kappa shape index (κ1) is 26.0. The zero-order valence-corrected chi connectivity index (χ0v) is 20.4. The molecule has 10 heteroatoms. The average molecular weight is 511 g/mol. The van der Waals surface area contributed by atoms with Gasteiger partial charge in [0.25, 0.3) is 11.5 Å². The van der Waals surface area contributed by atoms with Crippen LogP contribution >= 0.6 is 0 Å². The summed E-state index contributed by atoms with van der Waals surface area (Å²) in [6.07, 6.45) is -3.54. The lowest BCUT2D eigenvalue weighted by atomic mass is 9.97. The zero-order chi connectivity index (χ0) is 26.7. The molecule has 0 radical (unpaired) electrons. The number of morpholine rings is 1. The predicted octanol–water partition coefficient (Wildman–Crippen LogP) is 4.53. The lowest BCUT2D eigenvalue weighted by molar-refractivity contribution is -0.138. The van der Waals surface area contributed by atoms with Crippen LogP contribution in [0.3, 0.4) is 0 Å². The van der Waals surface area contributed by atoms with Gasteiger partial charge in [-0.3, -0.25) is 9.59 Å². The molecule has 0 spiro atoms. The number of rotatable bonds is 5. The molecule has 37 heavy (non-hydrogen) atoms. The number of pyridine rings is 1. The number of alkyl halides is 3. The second kappa shape index (κ2) is 10.5. The van der Waals surface area contributed by atoms with Crippen molar-refractivity contribution in [2.24, 2.45) is 7.05 Å². The maximum Gasteiger partial charge on any atom is 0.416 e. The molecule has 1 aliphatic heterocycles. The molecule has 7 nitrogen and oxygen atoms in total. The predicted molar refractivity (Wildman–Crippen MR) is 134 cm³/mol. The van der Waals surface area contributed by atoms with Crippen molar-refractivity contribution in [2.75, 3.05) is 36.5 Å². The van der Waals surface area contributed by atoms with Crippen LogP contribution in [0.4, 0.5) is 24.5 Å². The molecular weight excluding hydrogens is 485 g/mol. The van der Waals surface area contributed by atoms with E-state index in [4.69, 9.17) is 10.00 Å². The van der Waals surface area contributed by atoms with Gasteiger partial charge in [0.2, 0.25) is 0 Å². The van der Waals surface area contributed by atoms with Crippen molar-refractivity contribution in [2.45, 2.75) is 19.5 Å². The van der Waals surface area contributed by atoms with Crippen molar-refractivity contribution < 1.29 is 22.7 Å². The number of nitrogens with one attached hydrogen (secondary N) is 1.